The molecule has 0 aliphatic heterocycles. The molecule has 2 rings (SSSR count). The van der Waals surface area contributed by atoms with E-state index in [0.717, 1.165) is 48.6 Å². The molecule has 142 valence electrons. The van der Waals surface area contributed by atoms with Crippen LogP contribution in [0.4, 0.5) is 0 Å². The summed E-state index contributed by atoms with van der Waals surface area (Å²) in [5.41, 5.74) is 3.03. The predicted octanol–water partition coefficient (Wildman–Crippen LogP) is 4.37. The van der Waals surface area contributed by atoms with Crippen LogP contribution in [0.1, 0.15) is 56.2 Å². The molecule has 2 atom stereocenters. The lowest BCUT2D eigenvalue weighted by atomic mass is 10.0. The van der Waals surface area contributed by atoms with E-state index in [1.807, 2.05) is 19.1 Å². The van der Waals surface area contributed by atoms with Crippen molar-refractivity contribution >= 4 is 17.6 Å². The molecule has 0 fully saturated rings. The van der Waals surface area contributed by atoms with E-state index in [9.17, 15) is 4.79 Å². The Balaban J connectivity index is 1.81. The first kappa shape index (κ1) is 20.5. The number of esters is 1. The zero-order chi connectivity index (χ0) is 18.9. The highest BCUT2D eigenvalue weighted by atomic mass is 35.5. The lowest BCUT2D eigenvalue weighted by molar-refractivity contribution is -0.147. The van der Waals surface area contributed by atoms with E-state index in [1.165, 1.54) is 12.5 Å². The van der Waals surface area contributed by atoms with Gasteiger partial charge >= 0.3 is 5.97 Å². The Bertz CT molecular complexity index is 685. The number of nitrogens with one attached hydrogen (secondary N) is 2. The van der Waals surface area contributed by atoms with Crippen LogP contribution in [0, 0.1) is 6.92 Å². The average molecular weight is 378 g/mol. The van der Waals surface area contributed by atoms with Gasteiger partial charge in [-0.25, -0.2) is 4.98 Å². The average Bonchev–Trinajstić information content (AvgIpc) is 3.04. The van der Waals surface area contributed by atoms with Crippen LogP contribution in [0.25, 0.3) is 0 Å². The van der Waals surface area contributed by atoms with Gasteiger partial charge in [-0.05, 0) is 56.8 Å². The van der Waals surface area contributed by atoms with Crippen LogP contribution in [0.15, 0.2) is 30.6 Å². The van der Waals surface area contributed by atoms with E-state index in [1.54, 1.807) is 6.33 Å². The fourth-order valence-corrected chi connectivity index (χ4v) is 3.13. The maximum atomic E-state index is 11.4. The second-order valence-corrected chi connectivity index (χ2v) is 6.98. The van der Waals surface area contributed by atoms with E-state index >= 15 is 0 Å². The van der Waals surface area contributed by atoms with Crippen molar-refractivity contribution in [3.63, 3.8) is 0 Å². The smallest absolute Gasteiger partial charge is 0.303 e. The van der Waals surface area contributed by atoms with Gasteiger partial charge < -0.3 is 15.0 Å². The van der Waals surface area contributed by atoms with E-state index in [0.29, 0.717) is 6.04 Å². The van der Waals surface area contributed by atoms with Gasteiger partial charge in [0.05, 0.1) is 6.33 Å². The zero-order valence-corrected chi connectivity index (χ0v) is 16.5. The topological polar surface area (TPSA) is 67.0 Å². The third kappa shape index (κ3) is 6.46. The van der Waals surface area contributed by atoms with Gasteiger partial charge in [-0.1, -0.05) is 30.7 Å². The Morgan fingerprint density at radius 2 is 2.08 bits per heavy atom. The highest BCUT2D eigenvalue weighted by Crippen LogP contribution is 2.23. The Kier molecular flexibility index (Phi) is 8.13. The number of halogens is 1. The van der Waals surface area contributed by atoms with Crippen LogP contribution < -0.4 is 5.32 Å². The number of aryl methyl sites for hydroxylation is 1. The number of ether oxygens (including phenoxy) is 1. The van der Waals surface area contributed by atoms with E-state index in [2.05, 4.69) is 34.3 Å². The summed E-state index contributed by atoms with van der Waals surface area (Å²) in [6.45, 7) is 6.43. The van der Waals surface area contributed by atoms with Crippen molar-refractivity contribution in [1.82, 2.24) is 15.3 Å². The van der Waals surface area contributed by atoms with Crippen molar-refractivity contribution in [3.8, 4) is 0 Å². The largest absolute Gasteiger partial charge is 0.456 e. The second kappa shape index (κ2) is 10.3. The van der Waals surface area contributed by atoms with E-state index < -0.39 is 0 Å². The van der Waals surface area contributed by atoms with Crippen LogP contribution in [0.5, 0.6) is 0 Å². The normalized spacial score (nSPS) is 13.4. The van der Waals surface area contributed by atoms with Gasteiger partial charge in [-0.2, -0.15) is 0 Å². The summed E-state index contributed by atoms with van der Waals surface area (Å²) in [7, 11) is 0. The summed E-state index contributed by atoms with van der Waals surface area (Å²) < 4.78 is 5.45. The van der Waals surface area contributed by atoms with Crippen molar-refractivity contribution in [2.75, 3.05) is 6.54 Å². The molecule has 26 heavy (non-hydrogen) atoms. The number of hydrogen-bond donors (Lipinski definition) is 2. The molecule has 1 heterocycles. The minimum atomic E-state index is -0.295. The number of rotatable bonds is 10. The number of aromatic amines is 1. The molecule has 0 radical (unpaired) electrons. The Morgan fingerprint density at radius 1 is 1.35 bits per heavy atom. The second-order valence-electron chi connectivity index (χ2n) is 6.54. The summed E-state index contributed by atoms with van der Waals surface area (Å²) in [5.74, 6) is -0.278. The minimum absolute atomic E-state index is 0.278. The van der Waals surface area contributed by atoms with E-state index in [4.69, 9.17) is 16.3 Å². The molecule has 0 aliphatic rings. The lowest BCUT2D eigenvalue weighted by Crippen LogP contribution is -2.31. The van der Waals surface area contributed by atoms with Gasteiger partial charge in [0.25, 0.3) is 0 Å². The summed E-state index contributed by atoms with van der Waals surface area (Å²) in [5, 5.41) is 4.36. The first-order valence-corrected chi connectivity index (χ1v) is 9.52. The van der Waals surface area contributed by atoms with Crippen molar-refractivity contribution in [1.29, 1.82) is 0 Å². The maximum absolute atomic E-state index is 11.4. The summed E-state index contributed by atoms with van der Waals surface area (Å²) >= 11 is 5.94. The zero-order valence-electron chi connectivity index (χ0n) is 15.7. The van der Waals surface area contributed by atoms with Crippen LogP contribution in [0.2, 0.25) is 5.02 Å². The van der Waals surface area contributed by atoms with Crippen LogP contribution in [-0.2, 0) is 16.0 Å². The first-order chi connectivity index (χ1) is 12.5. The molecule has 1 aromatic carbocycles. The molecule has 2 unspecified atom stereocenters. The highest BCUT2D eigenvalue weighted by molar-refractivity contribution is 6.30. The number of nitrogens with zero attached hydrogens (tertiary/aromatic N) is 1. The highest BCUT2D eigenvalue weighted by Gasteiger charge is 2.19. The molecule has 2 N–H and O–H groups in total. The number of imidazole rings is 1. The van der Waals surface area contributed by atoms with Crippen molar-refractivity contribution in [3.05, 3.63) is 52.6 Å². The summed E-state index contributed by atoms with van der Waals surface area (Å²) in [6.07, 6.45) is 5.01. The van der Waals surface area contributed by atoms with Gasteiger partial charge in [0.15, 0.2) is 0 Å². The predicted molar refractivity (Wildman–Crippen MR) is 104 cm³/mol. The van der Waals surface area contributed by atoms with Crippen LogP contribution in [0.3, 0.4) is 0 Å². The molecule has 2 aromatic rings. The van der Waals surface area contributed by atoms with Gasteiger partial charge in [0.1, 0.15) is 11.8 Å². The van der Waals surface area contributed by atoms with Gasteiger partial charge in [0, 0.05) is 23.7 Å². The fraction of sp³-hybridized carbons (Fsp3) is 0.500. The number of hydrogen-bond acceptors (Lipinski definition) is 4. The molecule has 0 saturated carbocycles. The third-order valence-corrected chi connectivity index (χ3v) is 4.70. The van der Waals surface area contributed by atoms with Crippen molar-refractivity contribution < 1.29 is 9.53 Å². The number of benzene rings is 1. The maximum Gasteiger partial charge on any atom is 0.303 e. The third-order valence-electron chi connectivity index (χ3n) is 4.45. The van der Waals surface area contributed by atoms with Gasteiger partial charge in [-0.15, -0.1) is 0 Å². The molecular formula is C20H28ClN3O2. The molecule has 1 aromatic heterocycles. The molecule has 0 bridgehead atoms. The van der Waals surface area contributed by atoms with Crippen LogP contribution >= 0.6 is 11.6 Å². The first-order valence-electron chi connectivity index (χ1n) is 9.14. The summed E-state index contributed by atoms with van der Waals surface area (Å²) in [4.78, 5) is 18.7. The molecule has 5 nitrogen and oxygen atoms in total. The lowest BCUT2D eigenvalue weighted by Gasteiger charge is -2.19. The monoisotopic (exact) mass is 377 g/mol. The Morgan fingerprint density at radius 3 is 2.65 bits per heavy atom. The molecular weight excluding hydrogens is 350 g/mol. The van der Waals surface area contributed by atoms with E-state index in [-0.39, 0.29) is 12.1 Å². The molecule has 6 heteroatoms. The SMILES string of the molecule is CCC(Cc1ccc(Cl)cc1)NCCCC(OC(C)=O)c1nc[nH]c1C. The number of H-pyrrole nitrogens is 1. The minimum Gasteiger partial charge on any atom is -0.456 e. The fourth-order valence-electron chi connectivity index (χ4n) is 3.01. The summed E-state index contributed by atoms with van der Waals surface area (Å²) in [6, 6.07) is 8.42. The van der Waals surface area contributed by atoms with Gasteiger partial charge in [0.2, 0.25) is 0 Å². The Hall–Kier alpha value is -1.85. The van der Waals surface area contributed by atoms with Crippen molar-refractivity contribution in [2.24, 2.45) is 0 Å². The van der Waals surface area contributed by atoms with Gasteiger partial charge in [-0.3, -0.25) is 4.79 Å². The standard InChI is InChI=1S/C20H28ClN3O2/c1-4-18(12-16-7-9-17(21)10-8-16)22-11-5-6-19(26-15(3)25)20-14(2)23-13-24-20/h7-10,13,18-19,22H,4-6,11-12H2,1-3H3,(H,23,24). The molecule has 0 amide bonds. The molecule has 0 spiro atoms. The molecule has 0 aliphatic carbocycles. The van der Waals surface area contributed by atoms with Crippen molar-refractivity contribution in [2.45, 2.75) is 58.6 Å². The number of aromatic nitrogens is 2. The molecule has 0 saturated heterocycles. The number of carbonyl (C=O) groups excluding carboxylic acids is 1. The number of carbonyl (C=O) groups is 1. The Labute approximate surface area is 160 Å². The quantitative estimate of drug-likeness (QED) is 0.476. The van der Waals surface area contributed by atoms with Crippen LogP contribution in [-0.4, -0.2) is 28.5 Å².